The first-order chi connectivity index (χ1) is 3.31. The van der Waals surface area contributed by atoms with Crippen LogP contribution in [0.25, 0.3) is 0 Å². The minimum absolute atomic E-state index is 0. The minimum atomic E-state index is 0. The molecule has 4 N–H and O–H groups in total. The van der Waals surface area contributed by atoms with Crippen molar-refractivity contribution >= 4 is 35.0 Å². The van der Waals surface area contributed by atoms with Gasteiger partial charge in [-0.15, -0.1) is 0 Å². The van der Waals surface area contributed by atoms with Gasteiger partial charge in [0.2, 0.25) is 0 Å². The number of rotatable bonds is 3. The van der Waals surface area contributed by atoms with Gasteiger partial charge in [-0.2, -0.15) is 0 Å². The molecule has 0 bridgehead atoms. The molecular weight excluding hydrogens is 253 g/mol. The van der Waals surface area contributed by atoms with E-state index in [1.54, 1.807) is 0 Å². The van der Waals surface area contributed by atoms with Crippen LogP contribution in [0.1, 0.15) is 13.3 Å². The van der Waals surface area contributed by atoms with Gasteiger partial charge in [-0.25, -0.2) is 0 Å². The summed E-state index contributed by atoms with van der Waals surface area (Å²) in [5.41, 5.74) is 0. The van der Waals surface area contributed by atoms with Gasteiger partial charge in [0, 0.05) is 0 Å². The Morgan fingerprint density at radius 1 is 1.56 bits per heavy atom. The van der Waals surface area contributed by atoms with E-state index in [1.807, 2.05) is 6.92 Å². The first-order valence-corrected chi connectivity index (χ1v) is 3.69. The molecule has 0 aromatic carbocycles. The minimum Gasteiger partial charge on any atom is -0.412 e. The Kier molecular flexibility index (Phi) is 21.6. The standard InChI is InChI=1S/C4H8ClO.2H2O.Sb/c1-2-4(5)3-6;;;/h4H,2-3H2,1H3;2*1H2;/q-1;;;+1. The predicted octanol–water partition coefficient (Wildman–Crippen LogP) is -0.546. The molecule has 0 saturated carbocycles. The first kappa shape index (κ1) is 16.5. The van der Waals surface area contributed by atoms with E-state index in [4.69, 9.17) is 14.6 Å². The molecule has 0 aromatic rings. The average Bonchev–Trinajstić information content (AvgIpc) is 1.68. The van der Waals surface area contributed by atoms with E-state index in [0.717, 1.165) is 6.42 Å². The van der Waals surface area contributed by atoms with Crippen LogP contribution in [0.3, 0.4) is 0 Å². The van der Waals surface area contributed by atoms with Crippen LogP contribution in [-0.2, 0) is 3.02 Å². The molecule has 0 aliphatic heterocycles. The van der Waals surface area contributed by atoms with Crippen molar-refractivity contribution in [1.29, 1.82) is 0 Å². The molecule has 2 radical (unpaired) electrons. The molecule has 1 atom stereocenters. The van der Waals surface area contributed by atoms with E-state index in [-0.39, 0.29) is 16.3 Å². The fourth-order valence-electron chi connectivity index (χ4n) is 0.199. The predicted molar refractivity (Wildman–Crippen MR) is 38.9 cm³/mol. The largest absolute Gasteiger partial charge is 0.412 e. The second kappa shape index (κ2) is 11.7. The van der Waals surface area contributed by atoms with E-state index in [2.05, 4.69) is 0 Å². The molecule has 0 heterocycles. The van der Waals surface area contributed by atoms with Gasteiger partial charge in [-0.1, -0.05) is 0 Å². The van der Waals surface area contributed by atoms with Gasteiger partial charge in [-0.05, 0) is 0 Å². The van der Waals surface area contributed by atoms with E-state index >= 15 is 0 Å². The topological polar surface area (TPSA) is 72.2 Å². The Hall–Kier alpha value is 0.988. The Bertz CT molecular complexity index is 46.8. The second-order valence-electron chi connectivity index (χ2n) is 1.30. The molecule has 3 nitrogen and oxygen atoms in total. The smallest absolute Gasteiger partial charge is 0.412 e. The molecule has 9 heavy (non-hydrogen) atoms. The van der Waals surface area contributed by atoms with Crippen molar-refractivity contribution in [2.24, 2.45) is 0 Å². The van der Waals surface area contributed by atoms with Crippen LogP contribution < -0.4 is 0 Å². The average molecular weight is 265 g/mol. The van der Waals surface area contributed by atoms with Gasteiger partial charge >= 0.3 is 63.4 Å². The van der Waals surface area contributed by atoms with Crippen molar-refractivity contribution in [3.63, 3.8) is 0 Å². The normalized spacial score (nSPS) is 11.0. The van der Waals surface area contributed by atoms with Crippen LogP contribution in [0.2, 0.25) is 0 Å². The third-order valence-corrected chi connectivity index (χ3v) is 1.56. The van der Waals surface area contributed by atoms with Crippen LogP contribution in [0.15, 0.2) is 0 Å². The van der Waals surface area contributed by atoms with E-state index in [0.29, 0.717) is 6.61 Å². The molecular formula is C4H12ClO3Sb. The Labute approximate surface area is 74.4 Å². The quantitative estimate of drug-likeness (QED) is 0.499. The van der Waals surface area contributed by atoms with Crippen molar-refractivity contribution in [2.75, 3.05) is 6.61 Å². The van der Waals surface area contributed by atoms with Crippen molar-refractivity contribution in [3.05, 3.63) is 0 Å². The van der Waals surface area contributed by atoms with Gasteiger partial charge < -0.3 is 11.0 Å². The van der Waals surface area contributed by atoms with E-state index in [1.165, 1.54) is 23.4 Å². The zero-order chi connectivity index (χ0) is 5.70. The van der Waals surface area contributed by atoms with E-state index in [9.17, 15) is 0 Å². The first-order valence-electron chi connectivity index (χ1n) is 2.21. The van der Waals surface area contributed by atoms with Crippen LogP contribution in [0.4, 0.5) is 0 Å². The third kappa shape index (κ3) is 12.2. The van der Waals surface area contributed by atoms with Crippen molar-refractivity contribution in [1.82, 2.24) is 0 Å². The Morgan fingerprint density at radius 2 is 2.00 bits per heavy atom. The number of hydrogen-bond donors (Lipinski definition) is 0. The summed E-state index contributed by atoms with van der Waals surface area (Å²) >= 11 is 7.00. The molecule has 0 spiro atoms. The van der Waals surface area contributed by atoms with Gasteiger partial charge in [0.25, 0.3) is 0 Å². The monoisotopic (exact) mass is 264 g/mol. The molecule has 0 rings (SSSR count). The maximum Gasteiger partial charge on any atom is -0.412 e. The summed E-state index contributed by atoms with van der Waals surface area (Å²) in [5.74, 6) is 0. The van der Waals surface area contributed by atoms with Crippen LogP contribution >= 0.6 is 11.6 Å². The number of halogens is 1. The second-order valence-corrected chi connectivity index (χ2v) is 2.66. The molecule has 0 aliphatic carbocycles. The molecule has 1 unspecified atom stereocenters. The molecule has 5 heteroatoms. The van der Waals surface area contributed by atoms with Crippen LogP contribution in [0.5, 0.6) is 0 Å². The van der Waals surface area contributed by atoms with Crippen LogP contribution in [-0.4, -0.2) is 46.4 Å². The zero-order valence-electron chi connectivity index (χ0n) is 5.22. The third-order valence-electron chi connectivity index (χ3n) is 0.698. The van der Waals surface area contributed by atoms with Gasteiger partial charge in [0.1, 0.15) is 0 Å². The molecule has 0 saturated heterocycles. The summed E-state index contributed by atoms with van der Waals surface area (Å²) < 4.78 is 4.81. The summed E-state index contributed by atoms with van der Waals surface area (Å²) in [7, 11) is 0. The molecule has 0 fully saturated rings. The molecule has 58 valence electrons. The van der Waals surface area contributed by atoms with Crippen molar-refractivity contribution < 1.29 is 14.0 Å². The number of hydrogen-bond acceptors (Lipinski definition) is 1. The van der Waals surface area contributed by atoms with Crippen molar-refractivity contribution in [3.8, 4) is 0 Å². The van der Waals surface area contributed by atoms with Gasteiger partial charge in [-0.3, -0.25) is 0 Å². The fraction of sp³-hybridized carbons (Fsp3) is 1.00. The molecule has 0 amide bonds. The van der Waals surface area contributed by atoms with E-state index < -0.39 is 0 Å². The summed E-state index contributed by atoms with van der Waals surface area (Å²) in [4.78, 5) is 0. The molecule has 0 aliphatic rings. The fourth-order valence-corrected chi connectivity index (χ4v) is 1.04. The van der Waals surface area contributed by atoms with Crippen molar-refractivity contribution in [2.45, 2.75) is 18.7 Å². The SMILES string of the molecule is CCC(Cl)C[O][Sb].O.O. The van der Waals surface area contributed by atoms with Crippen LogP contribution in [0, 0.1) is 0 Å². The van der Waals surface area contributed by atoms with Gasteiger partial charge in [0.05, 0.1) is 0 Å². The maximum atomic E-state index is 5.65. The number of alkyl halides is 1. The summed E-state index contributed by atoms with van der Waals surface area (Å²) in [6.45, 7) is 2.73. The zero-order valence-corrected chi connectivity index (χ0v) is 8.53. The Balaban J connectivity index is -0.000000180. The Morgan fingerprint density at radius 3 is 2.11 bits per heavy atom. The summed E-state index contributed by atoms with van der Waals surface area (Å²) in [6.07, 6.45) is 0.990. The van der Waals surface area contributed by atoms with Gasteiger partial charge in [0.15, 0.2) is 0 Å². The summed E-state index contributed by atoms with van der Waals surface area (Å²) in [6, 6.07) is 0. The molecule has 0 aromatic heterocycles. The maximum absolute atomic E-state index is 5.65. The summed E-state index contributed by atoms with van der Waals surface area (Å²) in [5, 5.41) is 0.212.